The van der Waals surface area contributed by atoms with Crippen molar-refractivity contribution in [3.05, 3.63) is 23.5 Å². The number of alkyl halides is 3. The van der Waals surface area contributed by atoms with Gasteiger partial charge in [-0.15, -0.1) is 5.10 Å². The molecule has 7 heteroatoms. The maximum absolute atomic E-state index is 12.3. The lowest BCUT2D eigenvalue weighted by atomic mass is 10.3. The van der Waals surface area contributed by atoms with Crippen LogP contribution in [0.25, 0.3) is 0 Å². The average molecular weight is 184 g/mol. The zero-order valence-electron chi connectivity index (χ0n) is 5.36. The minimum absolute atomic E-state index is 0.123. The fourth-order valence-electron chi connectivity index (χ4n) is 0.547. The molecule has 0 radical (unpaired) electrons. The topological polar surface area (TPSA) is 25.8 Å². The zero-order valence-corrected chi connectivity index (χ0v) is 5.36. The highest BCUT2D eigenvalue weighted by Crippen LogP contribution is 2.30. The first-order valence-corrected chi connectivity index (χ1v) is 2.67. The number of aromatic nitrogens is 2. The summed E-state index contributed by atoms with van der Waals surface area (Å²) in [7, 11) is 0. The van der Waals surface area contributed by atoms with E-state index in [0.29, 0.717) is 0 Å². The van der Waals surface area contributed by atoms with Crippen LogP contribution in [0.1, 0.15) is 5.56 Å². The molecular weight excluding hydrogens is 183 g/mol. The summed E-state index contributed by atoms with van der Waals surface area (Å²) in [5.74, 6) is -3.89. The molecule has 0 bridgehead atoms. The monoisotopic (exact) mass is 184 g/mol. The van der Waals surface area contributed by atoms with Crippen molar-refractivity contribution in [3.63, 3.8) is 0 Å². The molecule has 12 heavy (non-hydrogen) atoms. The third-order valence-corrected chi connectivity index (χ3v) is 1.06. The van der Waals surface area contributed by atoms with E-state index in [1.54, 1.807) is 0 Å². The van der Waals surface area contributed by atoms with Crippen LogP contribution >= 0.6 is 0 Å². The van der Waals surface area contributed by atoms with Crippen molar-refractivity contribution < 1.29 is 22.0 Å². The van der Waals surface area contributed by atoms with E-state index in [1.807, 2.05) is 0 Å². The Morgan fingerprint density at radius 2 is 1.75 bits per heavy atom. The fraction of sp³-hybridized carbons (Fsp3) is 0.200. The van der Waals surface area contributed by atoms with Crippen LogP contribution in [0.4, 0.5) is 22.0 Å². The highest BCUT2D eigenvalue weighted by molar-refractivity contribution is 5.13. The van der Waals surface area contributed by atoms with Crippen LogP contribution in [0.15, 0.2) is 6.20 Å². The minimum atomic E-state index is -4.94. The smallest absolute Gasteiger partial charge is 0.201 e. The minimum Gasteiger partial charge on any atom is -0.201 e. The second-order valence-electron chi connectivity index (χ2n) is 1.86. The number of hydrogen-bond donors (Lipinski definition) is 0. The molecule has 0 atom stereocenters. The van der Waals surface area contributed by atoms with Crippen LogP contribution in [0, 0.1) is 11.8 Å². The van der Waals surface area contributed by atoms with E-state index < -0.39 is 23.5 Å². The number of rotatable bonds is 0. The van der Waals surface area contributed by atoms with Gasteiger partial charge in [-0.05, 0) is 0 Å². The molecule has 1 rings (SSSR count). The SMILES string of the molecule is Fc1nncc(C(F)(F)F)c1F. The Balaban J connectivity index is 3.26. The lowest BCUT2D eigenvalue weighted by molar-refractivity contribution is -0.140. The third-order valence-electron chi connectivity index (χ3n) is 1.06. The summed E-state index contributed by atoms with van der Waals surface area (Å²) in [6.45, 7) is 0. The molecule has 0 saturated heterocycles. The Bertz CT molecular complexity index is 294. The molecular formula is C5HF5N2. The van der Waals surface area contributed by atoms with E-state index in [1.165, 1.54) is 0 Å². The quantitative estimate of drug-likeness (QED) is 0.574. The Kier molecular flexibility index (Phi) is 1.95. The van der Waals surface area contributed by atoms with Gasteiger partial charge >= 0.3 is 6.18 Å². The van der Waals surface area contributed by atoms with Gasteiger partial charge in [0.25, 0.3) is 5.95 Å². The van der Waals surface area contributed by atoms with Gasteiger partial charge in [-0.3, -0.25) is 0 Å². The fourth-order valence-corrected chi connectivity index (χ4v) is 0.547. The van der Waals surface area contributed by atoms with Gasteiger partial charge in [0.2, 0.25) is 0 Å². The van der Waals surface area contributed by atoms with E-state index >= 15 is 0 Å². The molecule has 0 fully saturated rings. The first-order valence-electron chi connectivity index (χ1n) is 2.67. The van der Waals surface area contributed by atoms with E-state index in [-0.39, 0.29) is 6.20 Å². The number of halogens is 5. The van der Waals surface area contributed by atoms with Crippen LogP contribution in [-0.4, -0.2) is 10.2 Å². The van der Waals surface area contributed by atoms with Crippen molar-refractivity contribution in [1.82, 2.24) is 10.2 Å². The van der Waals surface area contributed by atoms with Gasteiger partial charge in [-0.2, -0.15) is 22.7 Å². The summed E-state index contributed by atoms with van der Waals surface area (Å²) in [6, 6.07) is 0. The van der Waals surface area contributed by atoms with Gasteiger partial charge in [-0.1, -0.05) is 0 Å². The Labute approximate surface area is 63.0 Å². The van der Waals surface area contributed by atoms with Crippen LogP contribution in [-0.2, 0) is 6.18 Å². The maximum Gasteiger partial charge on any atom is 0.420 e. The maximum atomic E-state index is 12.3. The van der Waals surface area contributed by atoms with Gasteiger partial charge in [0.1, 0.15) is 5.56 Å². The van der Waals surface area contributed by atoms with Crippen molar-refractivity contribution in [2.24, 2.45) is 0 Å². The van der Waals surface area contributed by atoms with Crippen molar-refractivity contribution in [2.45, 2.75) is 6.18 Å². The van der Waals surface area contributed by atoms with Gasteiger partial charge < -0.3 is 0 Å². The predicted molar refractivity (Wildman–Crippen MR) is 27.0 cm³/mol. The summed E-state index contributed by atoms with van der Waals surface area (Å²) >= 11 is 0. The Hall–Kier alpha value is -1.27. The summed E-state index contributed by atoms with van der Waals surface area (Å²) in [6.07, 6.45) is -4.82. The molecule has 0 aliphatic rings. The Morgan fingerprint density at radius 1 is 1.17 bits per heavy atom. The van der Waals surface area contributed by atoms with Crippen molar-refractivity contribution in [2.75, 3.05) is 0 Å². The molecule has 0 unspecified atom stereocenters. The van der Waals surface area contributed by atoms with E-state index in [4.69, 9.17) is 0 Å². The lowest BCUT2D eigenvalue weighted by Crippen LogP contribution is -2.11. The molecule has 0 aliphatic carbocycles. The van der Waals surface area contributed by atoms with E-state index in [9.17, 15) is 22.0 Å². The molecule has 0 saturated carbocycles. The molecule has 1 heterocycles. The molecule has 2 nitrogen and oxygen atoms in total. The summed E-state index contributed by atoms with van der Waals surface area (Å²) in [4.78, 5) is 0. The molecule has 0 aliphatic heterocycles. The Morgan fingerprint density at radius 3 is 2.17 bits per heavy atom. The largest absolute Gasteiger partial charge is 0.420 e. The molecule has 0 N–H and O–H groups in total. The summed E-state index contributed by atoms with van der Waals surface area (Å²) in [5, 5.41) is 5.09. The van der Waals surface area contributed by atoms with Gasteiger partial charge in [0.05, 0.1) is 6.20 Å². The summed E-state index contributed by atoms with van der Waals surface area (Å²) < 4.78 is 59.6. The van der Waals surface area contributed by atoms with Crippen molar-refractivity contribution in [1.29, 1.82) is 0 Å². The predicted octanol–water partition coefficient (Wildman–Crippen LogP) is 1.77. The third kappa shape index (κ3) is 1.49. The van der Waals surface area contributed by atoms with Gasteiger partial charge in [-0.25, -0.2) is 4.39 Å². The van der Waals surface area contributed by atoms with Gasteiger partial charge in [0.15, 0.2) is 5.82 Å². The second-order valence-corrected chi connectivity index (χ2v) is 1.86. The lowest BCUT2D eigenvalue weighted by Gasteiger charge is -2.05. The molecule has 66 valence electrons. The second kappa shape index (κ2) is 2.65. The average Bonchev–Trinajstić information content (AvgIpc) is 1.92. The number of nitrogens with zero attached hydrogens (tertiary/aromatic N) is 2. The van der Waals surface area contributed by atoms with Crippen LogP contribution in [0.5, 0.6) is 0 Å². The van der Waals surface area contributed by atoms with E-state index in [0.717, 1.165) is 0 Å². The highest BCUT2D eigenvalue weighted by Gasteiger charge is 2.36. The van der Waals surface area contributed by atoms with E-state index in [2.05, 4.69) is 10.2 Å². The van der Waals surface area contributed by atoms with Gasteiger partial charge in [0, 0.05) is 0 Å². The molecule has 1 aromatic rings. The van der Waals surface area contributed by atoms with Crippen molar-refractivity contribution >= 4 is 0 Å². The molecule has 0 aromatic carbocycles. The summed E-state index contributed by atoms with van der Waals surface area (Å²) in [5.41, 5.74) is -1.75. The standard InChI is InChI=1S/C5HF5N2/c6-3-2(5(8,9)10)1-11-12-4(3)7/h1H. The van der Waals surface area contributed by atoms with Crippen molar-refractivity contribution in [3.8, 4) is 0 Å². The first kappa shape index (κ1) is 8.82. The zero-order chi connectivity index (χ0) is 9.35. The van der Waals surface area contributed by atoms with Crippen LogP contribution in [0.2, 0.25) is 0 Å². The highest BCUT2D eigenvalue weighted by atomic mass is 19.4. The molecule has 0 spiro atoms. The van der Waals surface area contributed by atoms with Crippen LogP contribution in [0.3, 0.4) is 0 Å². The number of hydrogen-bond acceptors (Lipinski definition) is 2. The molecule has 1 aromatic heterocycles. The first-order chi connectivity index (χ1) is 5.43. The van der Waals surface area contributed by atoms with Crippen LogP contribution < -0.4 is 0 Å². The molecule has 0 amide bonds. The normalized spacial score (nSPS) is 11.8.